The maximum atomic E-state index is 12.1. The van der Waals surface area contributed by atoms with E-state index in [-0.39, 0.29) is 12.0 Å². The summed E-state index contributed by atoms with van der Waals surface area (Å²) in [6.45, 7) is 0.443. The van der Waals surface area contributed by atoms with Crippen LogP contribution in [0.1, 0.15) is 12.8 Å². The molecule has 2 atom stereocenters. The van der Waals surface area contributed by atoms with Crippen molar-refractivity contribution < 1.29 is 9.53 Å². The van der Waals surface area contributed by atoms with Crippen LogP contribution >= 0.6 is 0 Å². The Hall–Kier alpha value is -2.32. The Morgan fingerprint density at radius 2 is 2.38 bits per heavy atom. The Bertz CT molecular complexity index is 615. The molecule has 1 aromatic heterocycles. The van der Waals surface area contributed by atoms with E-state index in [1.54, 1.807) is 12.1 Å². The lowest BCUT2D eigenvalue weighted by atomic mass is 10.2. The molecule has 3 rings (SSSR count). The lowest BCUT2D eigenvalue weighted by Gasteiger charge is -2.13. The number of amides is 1. The molecule has 2 aromatic rings. The Kier molecular flexibility index (Phi) is 3.89. The number of ether oxygens (including phenoxy) is 1. The highest BCUT2D eigenvalue weighted by Gasteiger charge is 2.29. The van der Waals surface area contributed by atoms with E-state index < -0.39 is 6.10 Å². The minimum Gasteiger partial charge on any atom is -0.364 e. The summed E-state index contributed by atoms with van der Waals surface area (Å²) < 4.78 is 7.09. The van der Waals surface area contributed by atoms with Gasteiger partial charge >= 0.3 is 0 Å². The minimum atomic E-state index is -0.435. The Balaban J connectivity index is 1.68. The van der Waals surface area contributed by atoms with E-state index >= 15 is 0 Å². The van der Waals surface area contributed by atoms with Crippen LogP contribution in [0.3, 0.4) is 0 Å². The van der Waals surface area contributed by atoms with Gasteiger partial charge in [0.15, 0.2) is 0 Å². The zero-order valence-corrected chi connectivity index (χ0v) is 11.3. The topological polar surface area (TPSA) is 108 Å². The number of anilines is 1. The van der Waals surface area contributed by atoms with Crippen molar-refractivity contribution >= 4 is 11.6 Å². The fourth-order valence-corrected chi connectivity index (χ4v) is 2.30. The van der Waals surface area contributed by atoms with Gasteiger partial charge in [-0.1, -0.05) is 6.07 Å². The number of aromatic nitrogens is 4. The van der Waals surface area contributed by atoms with Crippen molar-refractivity contribution in [3.8, 4) is 5.69 Å². The van der Waals surface area contributed by atoms with Gasteiger partial charge in [0.1, 0.15) is 12.4 Å². The molecule has 1 aliphatic heterocycles. The molecule has 3 N–H and O–H groups in total. The molecule has 21 heavy (non-hydrogen) atoms. The number of nitrogens with one attached hydrogen (secondary N) is 1. The first-order valence-electron chi connectivity index (χ1n) is 6.76. The first-order valence-corrected chi connectivity index (χ1v) is 6.76. The van der Waals surface area contributed by atoms with Crippen molar-refractivity contribution in [2.45, 2.75) is 25.0 Å². The molecule has 1 fully saturated rings. The molecular weight excluding hydrogens is 272 g/mol. The van der Waals surface area contributed by atoms with Crippen molar-refractivity contribution in [3.05, 3.63) is 30.6 Å². The van der Waals surface area contributed by atoms with E-state index in [0.29, 0.717) is 18.7 Å². The van der Waals surface area contributed by atoms with Gasteiger partial charge in [-0.2, -0.15) is 0 Å². The third-order valence-corrected chi connectivity index (χ3v) is 3.39. The summed E-state index contributed by atoms with van der Waals surface area (Å²) in [5, 5.41) is 13.8. The van der Waals surface area contributed by atoms with E-state index in [2.05, 4.69) is 20.8 Å². The Morgan fingerprint density at radius 1 is 1.48 bits per heavy atom. The molecule has 0 radical (unpaired) electrons. The van der Waals surface area contributed by atoms with E-state index in [1.807, 2.05) is 12.1 Å². The van der Waals surface area contributed by atoms with E-state index in [1.165, 1.54) is 11.0 Å². The SMILES string of the molecule is NC[C@H]1CC[C@@H](C(=O)Nc2cccc(-n3cnnn3)c2)O1. The second kappa shape index (κ2) is 5.98. The standard InChI is InChI=1S/C13H16N6O2/c14-7-11-4-5-12(21-11)13(20)16-9-2-1-3-10(6-9)19-8-15-17-18-19/h1-3,6,8,11-12H,4-5,7,14H2,(H,16,20)/t11-,12+/m1/s1. The molecule has 110 valence electrons. The number of hydrogen-bond acceptors (Lipinski definition) is 6. The average molecular weight is 288 g/mol. The predicted octanol–water partition coefficient (Wildman–Crippen LogP) is 0.107. The van der Waals surface area contributed by atoms with Crippen molar-refractivity contribution in [2.24, 2.45) is 5.73 Å². The highest BCUT2D eigenvalue weighted by Crippen LogP contribution is 2.21. The predicted molar refractivity (Wildman–Crippen MR) is 74.7 cm³/mol. The fraction of sp³-hybridized carbons (Fsp3) is 0.385. The highest BCUT2D eigenvalue weighted by atomic mass is 16.5. The molecule has 1 amide bonds. The fourth-order valence-electron chi connectivity index (χ4n) is 2.30. The van der Waals surface area contributed by atoms with E-state index in [0.717, 1.165) is 12.1 Å². The number of benzene rings is 1. The van der Waals surface area contributed by atoms with Crippen molar-refractivity contribution in [1.82, 2.24) is 20.2 Å². The number of carbonyl (C=O) groups is 1. The van der Waals surface area contributed by atoms with Gasteiger partial charge in [0.25, 0.3) is 5.91 Å². The van der Waals surface area contributed by atoms with Gasteiger partial charge in [0.2, 0.25) is 0 Å². The summed E-state index contributed by atoms with van der Waals surface area (Å²) in [6.07, 6.45) is 2.55. The summed E-state index contributed by atoms with van der Waals surface area (Å²) in [4.78, 5) is 12.1. The second-order valence-corrected chi connectivity index (χ2v) is 4.85. The lowest BCUT2D eigenvalue weighted by Crippen LogP contribution is -2.29. The number of carbonyl (C=O) groups excluding carboxylic acids is 1. The van der Waals surface area contributed by atoms with Crippen LogP contribution in [0.5, 0.6) is 0 Å². The number of nitrogens with two attached hydrogens (primary N) is 1. The first-order chi connectivity index (χ1) is 10.3. The summed E-state index contributed by atoms with van der Waals surface area (Å²) in [5.74, 6) is -0.153. The van der Waals surface area contributed by atoms with Crippen LogP contribution in [0.2, 0.25) is 0 Å². The monoisotopic (exact) mass is 288 g/mol. The van der Waals surface area contributed by atoms with Gasteiger partial charge in [-0.3, -0.25) is 4.79 Å². The Labute approximate surface area is 121 Å². The lowest BCUT2D eigenvalue weighted by molar-refractivity contribution is -0.126. The molecule has 1 saturated heterocycles. The largest absolute Gasteiger partial charge is 0.364 e. The van der Waals surface area contributed by atoms with Crippen molar-refractivity contribution in [2.75, 3.05) is 11.9 Å². The summed E-state index contributed by atoms with van der Waals surface area (Å²) >= 11 is 0. The quantitative estimate of drug-likeness (QED) is 0.826. The van der Waals surface area contributed by atoms with Gasteiger partial charge in [-0.15, -0.1) is 5.10 Å². The van der Waals surface area contributed by atoms with Gasteiger partial charge in [0.05, 0.1) is 11.8 Å². The third kappa shape index (κ3) is 3.06. The molecule has 0 bridgehead atoms. The Morgan fingerprint density at radius 3 is 3.10 bits per heavy atom. The molecule has 8 nitrogen and oxygen atoms in total. The molecule has 0 spiro atoms. The minimum absolute atomic E-state index is 0.0201. The molecule has 1 aromatic carbocycles. The smallest absolute Gasteiger partial charge is 0.253 e. The zero-order valence-electron chi connectivity index (χ0n) is 11.3. The van der Waals surface area contributed by atoms with Gasteiger partial charge in [0, 0.05) is 12.2 Å². The summed E-state index contributed by atoms with van der Waals surface area (Å²) in [7, 11) is 0. The maximum Gasteiger partial charge on any atom is 0.253 e. The number of tetrazole rings is 1. The van der Waals surface area contributed by atoms with Crippen LogP contribution in [0.25, 0.3) is 5.69 Å². The average Bonchev–Trinajstić information content (AvgIpc) is 3.19. The van der Waals surface area contributed by atoms with Crippen molar-refractivity contribution in [3.63, 3.8) is 0 Å². The van der Waals surface area contributed by atoms with Crippen molar-refractivity contribution in [1.29, 1.82) is 0 Å². The zero-order chi connectivity index (χ0) is 14.7. The van der Waals surface area contributed by atoms with Crippen LogP contribution in [-0.4, -0.2) is 44.9 Å². The molecular formula is C13H16N6O2. The maximum absolute atomic E-state index is 12.1. The van der Waals surface area contributed by atoms with Crippen LogP contribution < -0.4 is 11.1 Å². The van der Waals surface area contributed by atoms with Crippen LogP contribution in [-0.2, 0) is 9.53 Å². The molecule has 2 heterocycles. The van der Waals surface area contributed by atoms with Crippen LogP contribution in [0.4, 0.5) is 5.69 Å². The summed E-state index contributed by atoms with van der Waals surface area (Å²) in [5.41, 5.74) is 6.99. The number of hydrogen-bond donors (Lipinski definition) is 2. The highest BCUT2D eigenvalue weighted by molar-refractivity contribution is 5.94. The summed E-state index contributed by atoms with van der Waals surface area (Å²) in [6, 6.07) is 7.28. The molecule has 1 aliphatic rings. The normalized spacial score (nSPS) is 21.4. The van der Waals surface area contributed by atoms with Crippen LogP contribution in [0.15, 0.2) is 30.6 Å². The van der Waals surface area contributed by atoms with Gasteiger partial charge in [-0.25, -0.2) is 4.68 Å². The second-order valence-electron chi connectivity index (χ2n) is 4.85. The van der Waals surface area contributed by atoms with Crippen LogP contribution in [0, 0.1) is 0 Å². The molecule has 8 heteroatoms. The molecule has 0 unspecified atom stereocenters. The van der Waals surface area contributed by atoms with E-state index in [9.17, 15) is 4.79 Å². The molecule has 0 saturated carbocycles. The van der Waals surface area contributed by atoms with Gasteiger partial charge in [-0.05, 0) is 41.5 Å². The van der Waals surface area contributed by atoms with E-state index in [4.69, 9.17) is 10.5 Å². The number of rotatable bonds is 4. The third-order valence-electron chi connectivity index (χ3n) is 3.39. The number of nitrogens with zero attached hydrogens (tertiary/aromatic N) is 4. The molecule has 0 aliphatic carbocycles. The first kappa shape index (κ1) is 13.7. The van der Waals surface area contributed by atoms with Gasteiger partial charge < -0.3 is 15.8 Å².